The minimum atomic E-state index is -0.815. The van der Waals surface area contributed by atoms with Crippen LogP contribution in [0.15, 0.2) is 85.3 Å². The number of ketones is 1. The van der Waals surface area contributed by atoms with Gasteiger partial charge in [-0.15, -0.1) is 0 Å². The fraction of sp³-hybridized carbons (Fsp3) is 0.0769. The van der Waals surface area contributed by atoms with E-state index in [1.54, 1.807) is 54.9 Å². The molecule has 4 aromatic rings. The number of para-hydroxylation sites is 1. The molecule has 2 aromatic carbocycles. The average Bonchev–Trinajstić information content (AvgIpc) is 3.04. The van der Waals surface area contributed by atoms with Crippen LogP contribution in [0.2, 0.25) is 5.02 Å². The van der Waals surface area contributed by atoms with Gasteiger partial charge in [0.1, 0.15) is 17.5 Å². The zero-order valence-corrected chi connectivity index (χ0v) is 18.6. The summed E-state index contributed by atoms with van der Waals surface area (Å²) in [6.45, 7) is 0.265. The number of benzene rings is 2. The number of fused-ring (bicyclic) bond motifs is 2. The van der Waals surface area contributed by atoms with Crippen molar-refractivity contribution in [2.24, 2.45) is 0 Å². The van der Waals surface area contributed by atoms with Crippen molar-refractivity contribution in [1.29, 1.82) is 0 Å². The number of pyridine rings is 2. The Morgan fingerprint density at radius 3 is 2.71 bits per heavy atom. The summed E-state index contributed by atoms with van der Waals surface area (Å²) in [4.78, 5) is 35.1. The summed E-state index contributed by atoms with van der Waals surface area (Å²) < 4.78 is 6.06. The van der Waals surface area contributed by atoms with Crippen LogP contribution in [0.25, 0.3) is 0 Å². The van der Waals surface area contributed by atoms with E-state index < -0.39 is 11.9 Å². The van der Waals surface area contributed by atoms with Crippen LogP contribution in [0.3, 0.4) is 0 Å². The van der Waals surface area contributed by atoms with E-state index in [-0.39, 0.29) is 23.6 Å². The van der Waals surface area contributed by atoms with Crippen LogP contribution in [0, 0.1) is 0 Å². The lowest BCUT2D eigenvalue weighted by atomic mass is 9.95. The number of amides is 1. The highest BCUT2D eigenvalue weighted by Gasteiger charge is 2.31. The van der Waals surface area contributed by atoms with E-state index in [4.69, 9.17) is 16.3 Å². The summed E-state index contributed by atoms with van der Waals surface area (Å²) in [7, 11) is 0. The highest BCUT2D eigenvalue weighted by atomic mass is 35.5. The minimum Gasteiger partial charge on any atom is -0.455 e. The molecule has 168 valence electrons. The lowest BCUT2D eigenvalue weighted by Gasteiger charge is -2.19. The standard InChI is InChI=1S/C26H19ClN4O3/c27-17-9-10-22-20(13-17)31-23(18-6-1-2-8-21(18)34-22)25(32)19-7-4-12-29-24(19)26(33)30-15-16-5-3-11-28-14-16/h1-14,23,31H,15H2,(H,30,33). The molecule has 1 amide bonds. The van der Waals surface area contributed by atoms with E-state index in [0.29, 0.717) is 27.8 Å². The van der Waals surface area contributed by atoms with E-state index in [1.807, 2.05) is 24.3 Å². The SMILES string of the molecule is O=C(NCc1cccnc1)c1ncccc1C(=O)C1Nc2cc(Cl)ccc2Oc2ccccc21. The summed E-state index contributed by atoms with van der Waals surface area (Å²) in [5.74, 6) is 0.326. The van der Waals surface area contributed by atoms with E-state index >= 15 is 0 Å². The van der Waals surface area contributed by atoms with Crippen LogP contribution in [0.1, 0.15) is 38.0 Å². The number of Topliss-reactive ketones (excluding diaryl/α,β-unsaturated/α-hetero) is 1. The smallest absolute Gasteiger partial charge is 0.270 e. The van der Waals surface area contributed by atoms with Gasteiger partial charge in [-0.3, -0.25) is 19.6 Å². The van der Waals surface area contributed by atoms with E-state index in [2.05, 4.69) is 20.6 Å². The molecular formula is C26H19ClN4O3. The molecule has 5 rings (SSSR count). The van der Waals surface area contributed by atoms with Crippen molar-refractivity contribution in [3.63, 3.8) is 0 Å². The summed E-state index contributed by atoms with van der Waals surface area (Å²) in [5.41, 5.74) is 2.31. The number of carbonyl (C=O) groups is 2. The van der Waals surface area contributed by atoms with Gasteiger partial charge in [-0.25, -0.2) is 0 Å². The molecule has 1 unspecified atom stereocenters. The first kappa shape index (κ1) is 21.6. The van der Waals surface area contributed by atoms with E-state index in [1.165, 1.54) is 6.20 Å². The Balaban J connectivity index is 1.49. The molecule has 0 fully saturated rings. The van der Waals surface area contributed by atoms with Crippen LogP contribution in [-0.4, -0.2) is 21.7 Å². The van der Waals surface area contributed by atoms with Crippen LogP contribution in [-0.2, 0) is 6.54 Å². The maximum atomic E-state index is 13.8. The molecule has 0 saturated carbocycles. The van der Waals surface area contributed by atoms with Gasteiger partial charge in [-0.1, -0.05) is 35.9 Å². The molecule has 1 atom stereocenters. The molecule has 0 radical (unpaired) electrons. The van der Waals surface area contributed by atoms with Crippen LogP contribution >= 0.6 is 11.6 Å². The van der Waals surface area contributed by atoms with Gasteiger partial charge in [0.05, 0.1) is 11.3 Å². The number of aromatic nitrogens is 2. The second-order valence-electron chi connectivity index (χ2n) is 7.67. The molecular weight excluding hydrogens is 452 g/mol. The van der Waals surface area contributed by atoms with Gasteiger partial charge in [-0.2, -0.15) is 0 Å². The molecule has 0 spiro atoms. The van der Waals surface area contributed by atoms with Crippen molar-refractivity contribution in [2.45, 2.75) is 12.6 Å². The largest absolute Gasteiger partial charge is 0.455 e. The molecule has 34 heavy (non-hydrogen) atoms. The molecule has 8 heteroatoms. The normalized spacial score (nSPS) is 14.0. The summed E-state index contributed by atoms with van der Waals surface area (Å²) in [6, 6.07) is 18.5. The second-order valence-corrected chi connectivity index (χ2v) is 8.10. The van der Waals surface area contributed by atoms with E-state index in [9.17, 15) is 9.59 Å². The van der Waals surface area contributed by atoms with Gasteiger partial charge in [0, 0.05) is 35.7 Å². The van der Waals surface area contributed by atoms with Crippen LogP contribution in [0.5, 0.6) is 11.5 Å². The Morgan fingerprint density at radius 2 is 1.85 bits per heavy atom. The molecule has 1 aliphatic rings. The number of anilines is 1. The maximum absolute atomic E-state index is 13.8. The van der Waals surface area contributed by atoms with Crippen molar-refractivity contribution < 1.29 is 14.3 Å². The molecule has 0 bridgehead atoms. The predicted molar refractivity (Wildman–Crippen MR) is 128 cm³/mol. The van der Waals surface area contributed by atoms with Crippen LogP contribution in [0.4, 0.5) is 5.69 Å². The third-order valence-corrected chi connectivity index (χ3v) is 5.65. The zero-order chi connectivity index (χ0) is 23.5. The molecule has 2 aromatic heterocycles. The summed E-state index contributed by atoms with van der Waals surface area (Å²) in [5, 5.41) is 6.57. The number of rotatable bonds is 5. The van der Waals surface area contributed by atoms with Gasteiger partial charge in [0.15, 0.2) is 11.5 Å². The maximum Gasteiger partial charge on any atom is 0.270 e. The first-order valence-corrected chi connectivity index (χ1v) is 11.0. The third kappa shape index (κ3) is 4.33. The summed E-state index contributed by atoms with van der Waals surface area (Å²) >= 11 is 6.19. The average molecular weight is 471 g/mol. The lowest BCUT2D eigenvalue weighted by molar-refractivity contribution is 0.0920. The van der Waals surface area contributed by atoms with Gasteiger partial charge in [0.2, 0.25) is 0 Å². The lowest BCUT2D eigenvalue weighted by Crippen LogP contribution is -2.28. The minimum absolute atomic E-state index is 0.0483. The topological polar surface area (TPSA) is 93.2 Å². The first-order valence-electron chi connectivity index (χ1n) is 10.6. The van der Waals surface area contributed by atoms with Crippen molar-refractivity contribution in [3.8, 4) is 11.5 Å². The number of halogens is 1. The van der Waals surface area contributed by atoms with Gasteiger partial charge in [-0.05, 0) is 48.0 Å². The Labute approximate surface area is 200 Å². The fourth-order valence-corrected chi connectivity index (χ4v) is 3.96. The number of nitrogens with one attached hydrogen (secondary N) is 2. The number of hydrogen-bond acceptors (Lipinski definition) is 6. The van der Waals surface area contributed by atoms with Gasteiger partial charge in [0.25, 0.3) is 5.91 Å². The highest BCUT2D eigenvalue weighted by Crippen LogP contribution is 2.42. The Morgan fingerprint density at radius 1 is 1.00 bits per heavy atom. The van der Waals surface area contributed by atoms with E-state index in [0.717, 1.165) is 5.56 Å². The van der Waals surface area contributed by atoms with Crippen molar-refractivity contribution in [1.82, 2.24) is 15.3 Å². The third-order valence-electron chi connectivity index (χ3n) is 5.42. The number of ether oxygens (including phenoxy) is 1. The Bertz CT molecular complexity index is 1380. The Kier molecular flexibility index (Phi) is 5.93. The number of carbonyl (C=O) groups excluding carboxylic acids is 2. The molecule has 2 N–H and O–H groups in total. The number of nitrogens with zero attached hydrogens (tertiary/aromatic N) is 2. The van der Waals surface area contributed by atoms with Crippen LogP contribution < -0.4 is 15.4 Å². The molecule has 0 saturated heterocycles. The molecule has 0 aliphatic carbocycles. The van der Waals surface area contributed by atoms with Crippen molar-refractivity contribution >= 4 is 29.0 Å². The molecule has 1 aliphatic heterocycles. The Hall–Kier alpha value is -4.23. The highest BCUT2D eigenvalue weighted by molar-refractivity contribution is 6.31. The quantitative estimate of drug-likeness (QED) is 0.389. The van der Waals surface area contributed by atoms with Crippen molar-refractivity contribution in [2.75, 3.05) is 5.32 Å². The number of hydrogen-bond donors (Lipinski definition) is 2. The molecule has 7 nitrogen and oxygen atoms in total. The monoisotopic (exact) mass is 470 g/mol. The fourth-order valence-electron chi connectivity index (χ4n) is 3.78. The van der Waals surface area contributed by atoms with Gasteiger partial charge < -0.3 is 15.4 Å². The van der Waals surface area contributed by atoms with Crippen molar-refractivity contribution in [3.05, 3.63) is 113 Å². The second kappa shape index (κ2) is 9.33. The molecule has 3 heterocycles. The van der Waals surface area contributed by atoms with Gasteiger partial charge >= 0.3 is 0 Å². The first-order chi connectivity index (χ1) is 16.6. The zero-order valence-electron chi connectivity index (χ0n) is 17.9. The summed E-state index contributed by atoms with van der Waals surface area (Å²) in [6.07, 6.45) is 4.82. The predicted octanol–water partition coefficient (Wildman–Crippen LogP) is 5.20.